The van der Waals surface area contributed by atoms with Gasteiger partial charge >= 0.3 is 0 Å². The second kappa shape index (κ2) is 17.5. The Hall–Kier alpha value is -5.31. The molecule has 0 amide bonds. The van der Waals surface area contributed by atoms with Crippen molar-refractivity contribution in [1.82, 2.24) is 15.2 Å². The van der Waals surface area contributed by atoms with Gasteiger partial charge in [-0.1, -0.05) is 33.0 Å². The average Bonchev–Trinajstić information content (AvgIpc) is 3.51. The van der Waals surface area contributed by atoms with E-state index in [9.17, 15) is 18.4 Å². The number of aryl methyl sites for hydroxylation is 1. The van der Waals surface area contributed by atoms with Crippen molar-refractivity contribution in [3.8, 4) is 17.3 Å². The van der Waals surface area contributed by atoms with Crippen molar-refractivity contribution >= 4 is 43.9 Å². The third-order valence-corrected chi connectivity index (χ3v) is 10.5. The van der Waals surface area contributed by atoms with Crippen molar-refractivity contribution in [2.45, 2.75) is 26.8 Å². The van der Waals surface area contributed by atoms with Crippen LogP contribution in [0.3, 0.4) is 0 Å². The number of likely N-dealkylation sites (tertiary alicyclic amines) is 1. The normalized spacial score (nSPS) is 17.2. The van der Waals surface area contributed by atoms with E-state index in [-0.39, 0.29) is 30.1 Å². The molecule has 1 saturated heterocycles. The highest BCUT2D eigenvalue weighted by atomic mass is 31.1. The Morgan fingerprint density at radius 2 is 1.96 bits per heavy atom. The number of nitriles is 1. The highest BCUT2D eigenvalue weighted by Crippen LogP contribution is 2.37. The van der Waals surface area contributed by atoms with Crippen molar-refractivity contribution < 1.29 is 13.2 Å². The first-order valence-corrected chi connectivity index (χ1v) is 19.2. The minimum atomic E-state index is -0.798. The van der Waals surface area contributed by atoms with Crippen LogP contribution < -0.4 is 20.5 Å². The minimum absolute atomic E-state index is 0.0217. The number of anilines is 3. The summed E-state index contributed by atoms with van der Waals surface area (Å²) in [5.41, 5.74) is 4.23. The highest BCUT2D eigenvalue weighted by molar-refractivity contribution is 7.60. The van der Waals surface area contributed by atoms with Gasteiger partial charge in [0.15, 0.2) is 11.7 Å². The largest absolute Gasteiger partial charge is 0.367 e. The van der Waals surface area contributed by atoms with Crippen LogP contribution >= 0.6 is 7.92 Å². The molecule has 2 aliphatic rings. The number of nitrogens with one attached hydrogen (secondary N) is 2. The first-order valence-electron chi connectivity index (χ1n) is 17.2. The minimum Gasteiger partial charge on any atom is -0.367 e. The summed E-state index contributed by atoms with van der Waals surface area (Å²) < 4.78 is 43.6. The van der Waals surface area contributed by atoms with Crippen LogP contribution in [0.25, 0.3) is 11.3 Å². The molecule has 1 fully saturated rings. The number of hydrazone groups is 1. The van der Waals surface area contributed by atoms with Crippen LogP contribution in [0.5, 0.6) is 0 Å². The summed E-state index contributed by atoms with van der Waals surface area (Å²) in [6.45, 7) is 22.3. The lowest BCUT2D eigenvalue weighted by molar-refractivity contribution is 0.140. The van der Waals surface area contributed by atoms with E-state index in [1.165, 1.54) is 29.4 Å². The fourth-order valence-corrected chi connectivity index (χ4v) is 7.31. The summed E-state index contributed by atoms with van der Waals surface area (Å²) >= 11 is 0. The van der Waals surface area contributed by atoms with Gasteiger partial charge in [0.25, 0.3) is 0 Å². The molecule has 0 radical (unpaired) electrons. The molecule has 0 bridgehead atoms. The number of halogens is 3. The fraction of sp³-hybridized carbons (Fsp3) is 0.308. The molecular weight excluding hydrogens is 696 g/mol. The molecule has 5 rings (SSSR count). The van der Waals surface area contributed by atoms with E-state index in [4.69, 9.17) is 9.98 Å². The molecule has 2 unspecified atom stereocenters. The van der Waals surface area contributed by atoms with Crippen molar-refractivity contribution in [1.29, 1.82) is 5.26 Å². The Morgan fingerprint density at radius 3 is 2.62 bits per heavy atom. The van der Waals surface area contributed by atoms with Gasteiger partial charge in [-0.25, -0.2) is 28.2 Å². The molecule has 3 aromatic rings. The number of rotatable bonds is 16. The number of hydrogen-bond donors (Lipinski definition) is 2. The van der Waals surface area contributed by atoms with Gasteiger partial charge in [0.05, 0.1) is 41.8 Å². The van der Waals surface area contributed by atoms with Crippen LogP contribution in [0.4, 0.5) is 30.4 Å². The molecule has 0 aliphatic carbocycles. The van der Waals surface area contributed by atoms with Crippen LogP contribution in [0.15, 0.2) is 99.7 Å². The molecule has 10 nitrogen and oxygen atoms in total. The van der Waals surface area contributed by atoms with Gasteiger partial charge in [-0.05, 0) is 82.3 Å². The number of nitrogens with zero attached hydrogens (tertiary/aromatic N) is 8. The monoisotopic (exact) mass is 740 g/mol. The predicted molar refractivity (Wildman–Crippen MR) is 212 cm³/mol. The zero-order valence-corrected chi connectivity index (χ0v) is 31.3. The molecule has 53 heavy (non-hydrogen) atoms. The molecule has 276 valence electrons. The van der Waals surface area contributed by atoms with Gasteiger partial charge in [0.1, 0.15) is 29.0 Å². The second-order valence-electron chi connectivity index (χ2n) is 12.9. The first kappa shape index (κ1) is 38.9. The lowest BCUT2D eigenvalue weighted by Gasteiger charge is -2.33. The lowest BCUT2D eigenvalue weighted by Crippen LogP contribution is -2.46. The number of aliphatic imine (C=N–C) groups is 2. The SMILES string of the molecule is C=CP(C)CC(CN/C(N=C)=C1\C=NN(c2ccc(F)cc2F)\C1=N\CN1CC(C#N)C1)Nc1cccc(-c2cc(F)cc(C)c2N(CC)C(=C)C)n1. The Kier molecular flexibility index (Phi) is 12.8. The van der Waals surface area contributed by atoms with E-state index in [0.717, 1.165) is 35.2 Å². The molecule has 14 heteroatoms. The zero-order chi connectivity index (χ0) is 38.2. The number of hydrogen-bond acceptors (Lipinski definition) is 9. The van der Waals surface area contributed by atoms with Gasteiger partial charge in [-0.15, -0.1) is 0 Å². The predicted octanol–water partition coefficient (Wildman–Crippen LogP) is 7.69. The number of pyridine rings is 1. The van der Waals surface area contributed by atoms with Gasteiger partial charge in [-0.3, -0.25) is 9.89 Å². The van der Waals surface area contributed by atoms with Crippen LogP contribution in [-0.2, 0) is 0 Å². The van der Waals surface area contributed by atoms with Gasteiger partial charge in [0, 0.05) is 49.5 Å². The third kappa shape index (κ3) is 9.20. The molecule has 0 spiro atoms. The number of amidine groups is 1. The summed E-state index contributed by atoms with van der Waals surface area (Å²) in [7, 11) is -0.563. The summed E-state index contributed by atoms with van der Waals surface area (Å²) in [6, 6.07) is 14.0. The summed E-state index contributed by atoms with van der Waals surface area (Å²) in [5.74, 6) is 1.27. The van der Waals surface area contributed by atoms with E-state index in [1.807, 2.05) is 54.6 Å². The molecule has 3 heterocycles. The maximum atomic E-state index is 15.0. The molecule has 2 aliphatic heterocycles. The summed E-state index contributed by atoms with van der Waals surface area (Å²) in [6.07, 6.45) is 2.25. The highest BCUT2D eigenvalue weighted by Gasteiger charge is 2.30. The third-order valence-electron chi connectivity index (χ3n) is 8.88. The van der Waals surface area contributed by atoms with Gasteiger partial charge in [-0.2, -0.15) is 10.4 Å². The summed E-state index contributed by atoms with van der Waals surface area (Å²) in [5, 5.41) is 21.9. The fourth-order valence-electron chi connectivity index (χ4n) is 6.25. The van der Waals surface area contributed by atoms with Gasteiger partial charge < -0.3 is 15.5 Å². The zero-order valence-electron chi connectivity index (χ0n) is 30.5. The number of aromatic nitrogens is 1. The quantitative estimate of drug-likeness (QED) is 0.115. The van der Waals surface area contributed by atoms with E-state index < -0.39 is 19.6 Å². The Balaban J connectivity index is 1.43. The van der Waals surface area contributed by atoms with E-state index in [1.54, 1.807) is 0 Å². The topological polar surface area (TPSA) is 108 Å². The van der Waals surface area contributed by atoms with Crippen molar-refractivity contribution in [2.75, 3.05) is 60.9 Å². The Labute approximate surface area is 310 Å². The summed E-state index contributed by atoms with van der Waals surface area (Å²) in [4.78, 5) is 18.0. The molecule has 2 atom stereocenters. The average molecular weight is 741 g/mol. The van der Waals surface area contributed by atoms with Crippen LogP contribution in [-0.4, -0.2) is 80.4 Å². The van der Waals surface area contributed by atoms with Crippen molar-refractivity contribution in [3.05, 3.63) is 108 Å². The Bertz CT molecular complexity index is 2000. The smallest absolute Gasteiger partial charge is 0.163 e. The lowest BCUT2D eigenvalue weighted by atomic mass is 10.0. The molecule has 0 saturated carbocycles. The maximum Gasteiger partial charge on any atom is 0.163 e. The maximum absolute atomic E-state index is 15.0. The van der Waals surface area contributed by atoms with Crippen molar-refractivity contribution in [3.63, 3.8) is 0 Å². The Morgan fingerprint density at radius 1 is 1.19 bits per heavy atom. The molecule has 2 N–H and O–H groups in total. The van der Waals surface area contributed by atoms with E-state index in [0.29, 0.717) is 60.5 Å². The van der Waals surface area contributed by atoms with Crippen LogP contribution in [0.1, 0.15) is 19.4 Å². The van der Waals surface area contributed by atoms with Crippen LogP contribution in [0, 0.1) is 41.6 Å². The van der Waals surface area contributed by atoms with E-state index >= 15 is 0 Å². The van der Waals surface area contributed by atoms with Crippen molar-refractivity contribution in [2.24, 2.45) is 21.0 Å². The standard InChI is InChI=1S/C39H44F3N10P/c1-8-51(25(3)4)37-26(5)15-29(41)16-31(37)34-11-10-12-36(49-34)48-30(23-53(7)9-2)19-45-38(44-6)32-20-47-52(35-14-13-28(40)17-33(35)42)39(32)46-24-50-21-27(18-43)22-50/h9-17,20,27,30,45H,2-3,6,8,19,21-24H2,1,4-5,7H3,(H,48,49)/b38-32+,46-39+. The first-order chi connectivity index (χ1) is 25.5. The van der Waals surface area contributed by atoms with Gasteiger partial charge in [0.2, 0.25) is 0 Å². The van der Waals surface area contributed by atoms with E-state index in [2.05, 4.69) is 53.3 Å². The number of benzene rings is 2. The molecular formula is C39H44F3N10P. The second-order valence-corrected chi connectivity index (χ2v) is 15.2. The molecule has 1 aromatic heterocycles. The number of allylic oxidation sites excluding steroid dienone is 1. The van der Waals surface area contributed by atoms with Crippen LogP contribution in [0.2, 0.25) is 0 Å². The molecule has 2 aromatic carbocycles.